The summed E-state index contributed by atoms with van der Waals surface area (Å²) in [4.78, 5) is 79.2. The van der Waals surface area contributed by atoms with Gasteiger partial charge in [0.25, 0.3) is 0 Å². The largest absolute Gasteiger partial charge is 0.461 e. The number of fused-ring (bicyclic) bond motifs is 4. The molecular formula is C53H74O13. The van der Waals surface area contributed by atoms with Crippen LogP contribution in [0.15, 0.2) is 60.7 Å². The number of hydrogen-bond donors (Lipinski definition) is 1. The molecule has 13 heteroatoms. The van der Waals surface area contributed by atoms with E-state index in [0.717, 1.165) is 11.1 Å². The molecule has 1 N–H and O–H groups in total. The molecule has 364 valence electrons. The maximum absolute atomic E-state index is 13.4. The van der Waals surface area contributed by atoms with Crippen LogP contribution in [0.2, 0.25) is 0 Å². The predicted molar refractivity (Wildman–Crippen MR) is 246 cm³/mol. The number of hydrogen-bond acceptors (Lipinski definition) is 13. The van der Waals surface area contributed by atoms with E-state index in [1.54, 1.807) is 34.6 Å². The monoisotopic (exact) mass is 919 g/mol. The molecule has 0 amide bonds. The van der Waals surface area contributed by atoms with Crippen LogP contribution < -0.4 is 0 Å². The predicted octanol–water partition coefficient (Wildman–Crippen LogP) is 8.07. The average molecular weight is 919 g/mol. The van der Waals surface area contributed by atoms with Gasteiger partial charge in [-0.25, -0.2) is 0 Å². The van der Waals surface area contributed by atoms with Gasteiger partial charge in [0.05, 0.1) is 54.9 Å². The summed E-state index contributed by atoms with van der Waals surface area (Å²) in [5.74, 6) is -3.21. The number of carbonyl (C=O) groups is 6. The molecule has 4 heterocycles. The zero-order chi connectivity index (χ0) is 48.8. The number of rotatable bonds is 8. The normalized spacial score (nSPS) is 36.8. The van der Waals surface area contributed by atoms with Crippen molar-refractivity contribution in [1.29, 1.82) is 0 Å². The summed E-state index contributed by atoms with van der Waals surface area (Å²) in [5.41, 5.74) is -2.90. The highest BCUT2D eigenvalue weighted by molar-refractivity contribution is 5.91. The molecule has 4 fully saturated rings. The van der Waals surface area contributed by atoms with Crippen LogP contribution in [-0.2, 0) is 70.4 Å². The van der Waals surface area contributed by atoms with Gasteiger partial charge < -0.3 is 33.5 Å². The minimum atomic E-state index is -1.86. The van der Waals surface area contributed by atoms with E-state index in [-0.39, 0.29) is 80.6 Å². The Bertz CT molecular complexity index is 1870. The summed E-state index contributed by atoms with van der Waals surface area (Å²) >= 11 is 0. The minimum absolute atomic E-state index is 0.0137. The lowest BCUT2D eigenvalue weighted by Gasteiger charge is -2.34. The van der Waals surface area contributed by atoms with Crippen molar-refractivity contribution in [2.75, 3.05) is 0 Å². The number of carbonyl (C=O) groups excluding carboxylic acids is 6. The number of ketones is 4. The summed E-state index contributed by atoms with van der Waals surface area (Å²) < 4.78 is 36.1. The molecule has 6 rings (SSSR count). The van der Waals surface area contributed by atoms with E-state index < -0.39 is 82.3 Å². The Labute approximate surface area is 391 Å². The molecule has 13 atom stereocenters. The third-order valence-electron chi connectivity index (χ3n) is 14.7. The Morgan fingerprint density at radius 2 is 0.924 bits per heavy atom. The number of cyclic esters (lactones) is 2. The summed E-state index contributed by atoms with van der Waals surface area (Å²) in [6, 6.07) is 19.2. The molecule has 0 spiro atoms. The fraction of sp³-hybridized carbons (Fsp3) is 0.660. The van der Waals surface area contributed by atoms with Crippen molar-refractivity contribution < 1.29 is 62.3 Å². The van der Waals surface area contributed by atoms with Crippen molar-refractivity contribution in [3.63, 3.8) is 0 Å². The van der Waals surface area contributed by atoms with Crippen LogP contribution in [0.4, 0.5) is 0 Å². The smallest absolute Gasteiger partial charge is 0.311 e. The topological polar surface area (TPSA) is 178 Å². The van der Waals surface area contributed by atoms with E-state index in [4.69, 9.17) is 28.4 Å². The van der Waals surface area contributed by atoms with E-state index >= 15 is 0 Å². The van der Waals surface area contributed by atoms with Gasteiger partial charge in [0.2, 0.25) is 0 Å². The lowest BCUT2D eigenvalue weighted by atomic mass is 9.77. The molecule has 4 bridgehead atoms. The van der Waals surface area contributed by atoms with Crippen LogP contribution in [0.5, 0.6) is 0 Å². The molecule has 13 nitrogen and oxygen atoms in total. The van der Waals surface area contributed by atoms with Crippen molar-refractivity contribution in [2.24, 2.45) is 29.1 Å². The van der Waals surface area contributed by atoms with E-state index in [2.05, 4.69) is 0 Å². The zero-order valence-electron chi connectivity index (χ0n) is 41.0. The van der Waals surface area contributed by atoms with Crippen LogP contribution >= 0.6 is 0 Å². The lowest BCUT2D eigenvalue weighted by Crippen LogP contribution is -2.50. The summed E-state index contributed by atoms with van der Waals surface area (Å²) in [6.45, 7) is 20.1. The number of ether oxygens (including phenoxy) is 6. The van der Waals surface area contributed by atoms with Gasteiger partial charge in [0.15, 0.2) is 23.0 Å². The highest BCUT2D eigenvalue weighted by atomic mass is 16.6. The van der Waals surface area contributed by atoms with Gasteiger partial charge in [-0.15, -0.1) is 0 Å². The van der Waals surface area contributed by atoms with Crippen LogP contribution in [0.3, 0.4) is 0 Å². The van der Waals surface area contributed by atoms with Gasteiger partial charge in [0.1, 0.15) is 29.2 Å². The second kappa shape index (κ2) is 21.9. The first-order chi connectivity index (χ1) is 30.9. The Morgan fingerprint density at radius 1 is 0.545 bits per heavy atom. The van der Waals surface area contributed by atoms with Crippen LogP contribution in [-0.4, -0.2) is 93.6 Å². The fourth-order valence-electron chi connectivity index (χ4n) is 9.77. The van der Waals surface area contributed by atoms with Gasteiger partial charge in [-0.3, -0.25) is 28.8 Å². The number of esters is 2. The first kappa shape index (κ1) is 52.8. The summed E-state index contributed by atoms with van der Waals surface area (Å²) in [7, 11) is 0. The Hall–Kier alpha value is -4.14. The van der Waals surface area contributed by atoms with Gasteiger partial charge in [-0.05, 0) is 97.1 Å². The highest BCUT2D eigenvalue weighted by Gasteiger charge is 2.52. The molecule has 0 saturated carbocycles. The SMILES string of the molecule is CC[C@H]1OC(=O)[C@H](C)[C@@H](OCc2ccccc2)CC(=O)[C@]2(C)C[C@@H](C)[C@@H](CC(=O)C1(C)C)O2.CC[C@H]1OC(=O)[C@H](C)[C@@H](OCc2ccccc2)CC(=O)[C@]2(C)C[C@@H](C)[C@@H](CC(=O)[C@]1(C)O)O2. The second-order valence-electron chi connectivity index (χ2n) is 20.4. The van der Waals surface area contributed by atoms with Crippen molar-refractivity contribution >= 4 is 35.1 Å². The van der Waals surface area contributed by atoms with Crippen LogP contribution in [0, 0.1) is 29.1 Å². The maximum Gasteiger partial charge on any atom is 0.311 e. The van der Waals surface area contributed by atoms with Gasteiger partial charge in [-0.1, -0.05) is 88.4 Å². The van der Waals surface area contributed by atoms with Crippen LogP contribution in [0.25, 0.3) is 0 Å². The lowest BCUT2D eigenvalue weighted by molar-refractivity contribution is -0.177. The molecule has 0 radical (unpaired) electrons. The van der Waals surface area contributed by atoms with Crippen LogP contribution in [0.1, 0.15) is 139 Å². The Kier molecular flexibility index (Phi) is 17.5. The zero-order valence-corrected chi connectivity index (χ0v) is 41.0. The molecule has 2 aromatic carbocycles. The minimum Gasteiger partial charge on any atom is -0.461 e. The molecule has 4 aliphatic rings. The highest BCUT2D eigenvalue weighted by Crippen LogP contribution is 2.42. The van der Waals surface area contributed by atoms with Gasteiger partial charge >= 0.3 is 11.9 Å². The molecule has 2 aromatic rings. The third-order valence-corrected chi connectivity index (χ3v) is 14.7. The first-order valence-corrected chi connectivity index (χ1v) is 23.9. The van der Waals surface area contributed by atoms with Gasteiger partial charge in [0, 0.05) is 25.7 Å². The van der Waals surface area contributed by atoms with Crippen molar-refractivity contribution in [3.8, 4) is 0 Å². The molecule has 0 aromatic heterocycles. The molecule has 4 saturated heterocycles. The standard InChI is InChI=1S/C27H38O6.C26H36O7/c1-7-24-26(4,5)22(28)13-20-17(2)15-27(6,33-20)23(29)14-21(18(3)25(30)32-24)31-16-19-11-9-8-10-12-19;1-6-23-26(5,30)22(28)12-19-16(2)14-25(4,33-19)21(27)13-20(17(3)24(29)32-23)31-15-18-10-8-7-9-11-18/h8-12,17-18,20-21,24H,7,13-16H2,1-6H3;7-11,16-17,19-20,23,30H,6,12-15H2,1-5H3/t17-,18-,20-,21+,24-,27+;16-,17-,19-,20+,23-,25+,26+/m11/s1. The Morgan fingerprint density at radius 3 is 1.32 bits per heavy atom. The molecular weight excluding hydrogens is 845 g/mol. The maximum atomic E-state index is 13.4. The number of benzene rings is 2. The second-order valence-corrected chi connectivity index (χ2v) is 20.4. The van der Waals surface area contributed by atoms with Crippen molar-refractivity contribution in [2.45, 2.75) is 194 Å². The van der Waals surface area contributed by atoms with E-state index in [1.807, 2.05) is 95.3 Å². The van der Waals surface area contributed by atoms with E-state index in [0.29, 0.717) is 19.3 Å². The fourth-order valence-corrected chi connectivity index (χ4v) is 9.77. The first-order valence-electron chi connectivity index (χ1n) is 23.9. The summed E-state index contributed by atoms with van der Waals surface area (Å²) in [5, 5.41) is 11.0. The van der Waals surface area contributed by atoms with E-state index in [9.17, 15) is 33.9 Å². The molecule has 66 heavy (non-hydrogen) atoms. The molecule has 0 unspecified atom stereocenters. The average Bonchev–Trinajstić information content (AvgIpc) is 3.75. The molecule has 4 aliphatic heterocycles. The third kappa shape index (κ3) is 12.3. The number of Topliss-reactive ketones (excluding diaryl/α,β-unsaturated/α-hetero) is 4. The van der Waals surface area contributed by atoms with Crippen molar-refractivity contribution in [1.82, 2.24) is 0 Å². The summed E-state index contributed by atoms with van der Waals surface area (Å²) in [6.07, 6.45) is -1.79. The van der Waals surface area contributed by atoms with E-state index in [1.165, 1.54) is 6.92 Å². The Balaban J connectivity index is 0.000000247. The number of aliphatic hydroxyl groups is 1. The molecule has 0 aliphatic carbocycles. The van der Waals surface area contributed by atoms with Gasteiger partial charge in [-0.2, -0.15) is 0 Å². The van der Waals surface area contributed by atoms with Crippen molar-refractivity contribution in [3.05, 3.63) is 71.8 Å². The quantitative estimate of drug-likeness (QED) is 0.252.